The summed E-state index contributed by atoms with van der Waals surface area (Å²) in [5.74, 6) is -0.851. The Morgan fingerprint density at radius 1 is 1.38 bits per heavy atom. The van der Waals surface area contributed by atoms with Crippen LogP contribution in [-0.2, 0) is 25.7 Å². The zero-order valence-electron chi connectivity index (χ0n) is 13.9. The Balaban J connectivity index is 2.17. The molecule has 6 nitrogen and oxygen atoms in total. The number of benzene rings is 1. The number of carbonyl (C=O) groups excluding carboxylic acids is 3. The first-order valence-corrected chi connectivity index (χ1v) is 7.63. The van der Waals surface area contributed by atoms with Crippen LogP contribution in [0.4, 0.5) is 4.79 Å². The van der Waals surface area contributed by atoms with E-state index in [2.05, 4.69) is 6.58 Å². The van der Waals surface area contributed by atoms with E-state index in [1.54, 1.807) is 13.0 Å². The molecule has 1 saturated heterocycles. The average Bonchev–Trinajstić information content (AvgIpc) is 2.85. The number of ketones is 1. The number of likely N-dealkylation sites (tertiary alicyclic amines) is 1. The lowest BCUT2D eigenvalue weighted by Crippen LogP contribution is -2.48. The van der Waals surface area contributed by atoms with Crippen molar-refractivity contribution < 1.29 is 23.9 Å². The van der Waals surface area contributed by atoms with Gasteiger partial charge in [0, 0.05) is 0 Å². The lowest BCUT2D eigenvalue weighted by molar-refractivity contribution is -0.150. The monoisotopic (exact) mass is 331 g/mol. The molecule has 1 aromatic rings. The first kappa shape index (κ1) is 17.7. The number of nitrogens with zero attached hydrogens (tertiary/aromatic N) is 1. The average molecular weight is 331 g/mol. The summed E-state index contributed by atoms with van der Waals surface area (Å²) in [5.41, 5.74) is -0.236. The highest BCUT2D eigenvalue weighted by molar-refractivity contribution is 6.00. The van der Waals surface area contributed by atoms with Gasteiger partial charge in [-0.1, -0.05) is 36.4 Å². The first-order valence-electron chi connectivity index (χ1n) is 7.63. The Hall–Kier alpha value is -2.63. The van der Waals surface area contributed by atoms with Crippen LogP contribution in [0.1, 0.15) is 18.9 Å². The fourth-order valence-corrected chi connectivity index (χ4v) is 2.92. The van der Waals surface area contributed by atoms with Crippen LogP contribution in [-0.4, -0.2) is 42.4 Å². The summed E-state index contributed by atoms with van der Waals surface area (Å²) in [5, 5.41) is 0. The highest BCUT2D eigenvalue weighted by atomic mass is 16.6. The van der Waals surface area contributed by atoms with Crippen molar-refractivity contribution in [2.24, 2.45) is 5.41 Å². The Morgan fingerprint density at radius 3 is 2.62 bits per heavy atom. The van der Waals surface area contributed by atoms with E-state index in [1.165, 1.54) is 7.11 Å². The maximum Gasteiger partial charge on any atom is 0.411 e. The van der Waals surface area contributed by atoms with Crippen LogP contribution in [0.25, 0.3) is 0 Å². The van der Waals surface area contributed by atoms with Crippen LogP contribution in [0.15, 0.2) is 43.0 Å². The van der Waals surface area contributed by atoms with Crippen molar-refractivity contribution in [2.75, 3.05) is 13.7 Å². The molecular formula is C18H21NO5. The molecule has 0 aliphatic carbocycles. The summed E-state index contributed by atoms with van der Waals surface area (Å²) in [6, 6.07) is 8.15. The molecule has 1 amide bonds. The van der Waals surface area contributed by atoms with Crippen LogP contribution in [0, 0.1) is 5.41 Å². The standard InChI is InChI=1S/C18H21NO5/c1-4-10-18(2)14(20)11-19(15(18)16(21)23-3)17(22)24-12-13-8-6-5-7-9-13/h4-9,15H,1,10-12H2,2-3H3. The first-order chi connectivity index (χ1) is 11.4. The summed E-state index contributed by atoms with van der Waals surface area (Å²) >= 11 is 0. The van der Waals surface area contributed by atoms with Gasteiger partial charge in [0.05, 0.1) is 19.1 Å². The van der Waals surface area contributed by atoms with Crippen molar-refractivity contribution >= 4 is 17.8 Å². The van der Waals surface area contributed by atoms with Crippen LogP contribution >= 0.6 is 0 Å². The number of Topliss-reactive ketones (excluding diaryl/α,β-unsaturated/α-hetero) is 1. The fraction of sp³-hybridized carbons (Fsp3) is 0.389. The van der Waals surface area contributed by atoms with E-state index in [-0.39, 0.29) is 25.4 Å². The van der Waals surface area contributed by atoms with E-state index in [0.29, 0.717) is 0 Å². The number of allylic oxidation sites excluding steroid dienone is 1. The third-order valence-electron chi connectivity index (χ3n) is 4.30. The topological polar surface area (TPSA) is 72.9 Å². The van der Waals surface area contributed by atoms with E-state index in [9.17, 15) is 14.4 Å². The van der Waals surface area contributed by atoms with Gasteiger partial charge in [-0.2, -0.15) is 0 Å². The van der Waals surface area contributed by atoms with Gasteiger partial charge in [-0.15, -0.1) is 6.58 Å². The zero-order chi connectivity index (χ0) is 17.7. The van der Waals surface area contributed by atoms with Crippen molar-refractivity contribution in [1.82, 2.24) is 4.90 Å². The Morgan fingerprint density at radius 2 is 2.04 bits per heavy atom. The van der Waals surface area contributed by atoms with Crippen molar-refractivity contribution in [2.45, 2.75) is 26.0 Å². The van der Waals surface area contributed by atoms with Gasteiger partial charge in [-0.05, 0) is 18.9 Å². The van der Waals surface area contributed by atoms with Gasteiger partial charge in [0.25, 0.3) is 0 Å². The predicted octanol–water partition coefficient (Wildman–Crippen LogP) is 2.33. The highest BCUT2D eigenvalue weighted by Crippen LogP contribution is 2.38. The van der Waals surface area contributed by atoms with Gasteiger partial charge in [-0.25, -0.2) is 9.59 Å². The van der Waals surface area contributed by atoms with E-state index in [4.69, 9.17) is 9.47 Å². The van der Waals surface area contributed by atoms with Gasteiger partial charge in [0.1, 0.15) is 12.6 Å². The quantitative estimate of drug-likeness (QED) is 0.611. The third-order valence-corrected chi connectivity index (χ3v) is 4.30. The summed E-state index contributed by atoms with van der Waals surface area (Å²) in [4.78, 5) is 38.1. The van der Waals surface area contributed by atoms with Crippen molar-refractivity contribution in [3.63, 3.8) is 0 Å². The van der Waals surface area contributed by atoms with E-state index >= 15 is 0 Å². The van der Waals surface area contributed by atoms with Gasteiger partial charge in [0.2, 0.25) is 0 Å². The molecule has 2 rings (SSSR count). The van der Waals surface area contributed by atoms with Gasteiger partial charge in [-0.3, -0.25) is 9.69 Å². The van der Waals surface area contributed by atoms with E-state index in [1.807, 2.05) is 30.3 Å². The minimum absolute atomic E-state index is 0.0659. The molecule has 1 aromatic carbocycles. The van der Waals surface area contributed by atoms with Crippen molar-refractivity contribution in [3.8, 4) is 0 Å². The van der Waals surface area contributed by atoms with Crippen LogP contribution in [0.5, 0.6) is 0 Å². The molecule has 0 spiro atoms. The highest BCUT2D eigenvalue weighted by Gasteiger charge is 2.56. The number of hydrogen-bond donors (Lipinski definition) is 0. The number of rotatable bonds is 5. The van der Waals surface area contributed by atoms with Crippen molar-refractivity contribution in [3.05, 3.63) is 48.6 Å². The molecule has 0 aromatic heterocycles. The molecule has 1 aliphatic rings. The molecule has 24 heavy (non-hydrogen) atoms. The molecule has 1 heterocycles. The number of ether oxygens (including phenoxy) is 2. The zero-order valence-corrected chi connectivity index (χ0v) is 13.9. The van der Waals surface area contributed by atoms with Gasteiger partial charge >= 0.3 is 12.1 Å². The maximum absolute atomic E-state index is 12.4. The summed E-state index contributed by atoms with van der Waals surface area (Å²) in [6.07, 6.45) is 1.12. The molecule has 2 unspecified atom stereocenters. The molecule has 0 radical (unpaired) electrons. The predicted molar refractivity (Wildman–Crippen MR) is 87.1 cm³/mol. The Kier molecular flexibility index (Phi) is 5.39. The molecule has 0 saturated carbocycles. The second kappa shape index (κ2) is 7.29. The van der Waals surface area contributed by atoms with Gasteiger partial charge in [0.15, 0.2) is 5.78 Å². The van der Waals surface area contributed by atoms with E-state index in [0.717, 1.165) is 10.5 Å². The molecular weight excluding hydrogens is 310 g/mol. The normalized spacial score (nSPS) is 23.0. The lowest BCUT2D eigenvalue weighted by atomic mass is 9.78. The molecule has 1 fully saturated rings. The van der Waals surface area contributed by atoms with Crippen LogP contribution in [0.2, 0.25) is 0 Å². The van der Waals surface area contributed by atoms with Crippen molar-refractivity contribution in [1.29, 1.82) is 0 Å². The molecule has 0 bridgehead atoms. The van der Waals surface area contributed by atoms with E-state index < -0.39 is 23.5 Å². The fourth-order valence-electron chi connectivity index (χ4n) is 2.92. The smallest absolute Gasteiger partial charge is 0.411 e. The minimum atomic E-state index is -1.05. The largest absolute Gasteiger partial charge is 0.467 e. The number of amides is 1. The third kappa shape index (κ3) is 3.32. The minimum Gasteiger partial charge on any atom is -0.467 e. The van der Waals surface area contributed by atoms with Crippen LogP contribution in [0.3, 0.4) is 0 Å². The van der Waals surface area contributed by atoms with Gasteiger partial charge < -0.3 is 9.47 Å². The Labute approximate surface area is 141 Å². The molecule has 128 valence electrons. The lowest BCUT2D eigenvalue weighted by Gasteiger charge is -2.30. The maximum atomic E-state index is 12.4. The number of esters is 1. The number of methoxy groups -OCH3 is 1. The summed E-state index contributed by atoms with van der Waals surface area (Å²) in [7, 11) is 1.23. The molecule has 6 heteroatoms. The SMILES string of the molecule is C=CCC1(C)C(=O)CN(C(=O)OCc2ccccc2)C1C(=O)OC. The number of carbonyl (C=O) groups is 3. The summed E-state index contributed by atoms with van der Waals surface area (Å²) in [6.45, 7) is 5.16. The van der Waals surface area contributed by atoms with Crippen LogP contribution < -0.4 is 0 Å². The number of hydrogen-bond acceptors (Lipinski definition) is 5. The molecule has 1 aliphatic heterocycles. The second-order valence-electron chi connectivity index (χ2n) is 5.93. The molecule has 2 atom stereocenters. The molecule has 0 N–H and O–H groups in total. The second-order valence-corrected chi connectivity index (χ2v) is 5.93. The summed E-state index contributed by atoms with van der Waals surface area (Å²) < 4.78 is 10.1. The Bertz CT molecular complexity index is 642.